The second-order valence-electron chi connectivity index (χ2n) is 5.12. The van der Waals surface area contributed by atoms with E-state index in [9.17, 15) is 14.7 Å². The highest BCUT2D eigenvalue weighted by atomic mass is 16.5. The molecule has 0 spiro atoms. The molecule has 21 heavy (non-hydrogen) atoms. The molecule has 0 fully saturated rings. The van der Waals surface area contributed by atoms with Gasteiger partial charge in [-0.1, -0.05) is 19.1 Å². The Bertz CT molecular complexity index is 487. The minimum absolute atomic E-state index is 0.169. The van der Waals surface area contributed by atoms with Gasteiger partial charge in [0, 0.05) is 13.6 Å². The number of ether oxygens (including phenoxy) is 1. The minimum Gasteiger partial charge on any atom is -0.508 e. The molecule has 1 aromatic rings. The zero-order valence-electron chi connectivity index (χ0n) is 12.6. The second kappa shape index (κ2) is 7.64. The van der Waals surface area contributed by atoms with Crippen molar-refractivity contribution < 1.29 is 19.4 Å². The summed E-state index contributed by atoms with van der Waals surface area (Å²) in [6, 6.07) is 5.86. The van der Waals surface area contributed by atoms with Crippen molar-refractivity contribution in [3.63, 3.8) is 0 Å². The van der Waals surface area contributed by atoms with E-state index >= 15 is 0 Å². The third kappa shape index (κ3) is 5.07. The first-order valence-corrected chi connectivity index (χ1v) is 6.71. The molecule has 1 amide bonds. The molecule has 0 radical (unpaired) electrons. The number of carbonyl (C=O) groups excluding carboxylic acids is 2. The van der Waals surface area contributed by atoms with Crippen molar-refractivity contribution in [2.45, 2.75) is 19.4 Å². The topological polar surface area (TPSA) is 92.9 Å². The van der Waals surface area contributed by atoms with Crippen LogP contribution in [0.25, 0.3) is 0 Å². The number of rotatable bonds is 6. The molecule has 0 bridgehead atoms. The first kappa shape index (κ1) is 17.0. The number of esters is 1. The summed E-state index contributed by atoms with van der Waals surface area (Å²) in [7, 11) is 2.93. The fraction of sp³-hybridized carbons (Fsp3) is 0.467. The molecule has 0 saturated carbocycles. The lowest BCUT2D eigenvalue weighted by Gasteiger charge is -2.23. The Labute approximate surface area is 124 Å². The maximum Gasteiger partial charge on any atom is 0.310 e. The number of hydrogen-bond acceptors (Lipinski definition) is 5. The van der Waals surface area contributed by atoms with Gasteiger partial charge in [-0.15, -0.1) is 0 Å². The lowest BCUT2D eigenvalue weighted by Crippen LogP contribution is -2.45. The third-order valence-corrected chi connectivity index (χ3v) is 3.24. The number of methoxy groups -OCH3 is 1. The molecule has 0 aliphatic carbocycles. The van der Waals surface area contributed by atoms with E-state index in [1.807, 2.05) is 0 Å². The molecule has 116 valence electrons. The number of carbonyl (C=O) groups is 2. The molecule has 0 saturated heterocycles. The quantitative estimate of drug-likeness (QED) is 0.747. The Hall–Kier alpha value is -2.08. The molecular weight excluding hydrogens is 272 g/mol. The Kier molecular flexibility index (Phi) is 6.17. The van der Waals surface area contributed by atoms with Crippen LogP contribution in [0.3, 0.4) is 0 Å². The standard InChI is InChI=1S/C15H22N2O4/c1-10(15(20)21-3)9-17(2)14(19)13(16)8-11-4-6-12(18)7-5-11/h4-7,10,13,18H,8-9,16H2,1-3H3/t10?,13-/m0/s1. The van der Waals surface area contributed by atoms with Gasteiger partial charge in [0.2, 0.25) is 5.91 Å². The smallest absolute Gasteiger partial charge is 0.310 e. The average Bonchev–Trinajstić information content (AvgIpc) is 2.47. The number of nitrogens with two attached hydrogens (primary N) is 1. The molecule has 0 aromatic heterocycles. The molecule has 1 unspecified atom stereocenters. The summed E-state index contributed by atoms with van der Waals surface area (Å²) in [5.41, 5.74) is 6.77. The Morgan fingerprint density at radius 3 is 2.43 bits per heavy atom. The Morgan fingerprint density at radius 2 is 1.90 bits per heavy atom. The van der Waals surface area contributed by atoms with Gasteiger partial charge in [0.15, 0.2) is 0 Å². The molecule has 3 N–H and O–H groups in total. The number of phenolic OH excluding ortho intramolecular Hbond substituents is 1. The Balaban J connectivity index is 2.56. The van der Waals surface area contributed by atoms with Gasteiger partial charge >= 0.3 is 5.97 Å². The number of phenols is 1. The summed E-state index contributed by atoms with van der Waals surface area (Å²) >= 11 is 0. The lowest BCUT2D eigenvalue weighted by molar-refractivity contribution is -0.146. The van der Waals surface area contributed by atoms with E-state index in [-0.39, 0.29) is 24.2 Å². The number of amides is 1. The number of benzene rings is 1. The van der Waals surface area contributed by atoms with E-state index in [4.69, 9.17) is 5.73 Å². The van der Waals surface area contributed by atoms with Gasteiger partial charge in [0.05, 0.1) is 19.1 Å². The predicted octanol–water partition coefficient (Wildman–Crippen LogP) is 0.530. The molecule has 6 nitrogen and oxygen atoms in total. The van der Waals surface area contributed by atoms with E-state index in [1.54, 1.807) is 38.2 Å². The van der Waals surface area contributed by atoms with Gasteiger partial charge in [0.1, 0.15) is 5.75 Å². The fourth-order valence-electron chi connectivity index (χ4n) is 2.03. The van der Waals surface area contributed by atoms with Crippen molar-refractivity contribution in [1.29, 1.82) is 0 Å². The summed E-state index contributed by atoms with van der Waals surface area (Å²) in [6.07, 6.45) is 0.371. The van der Waals surface area contributed by atoms with Crippen LogP contribution in [0, 0.1) is 5.92 Å². The van der Waals surface area contributed by atoms with Crippen molar-refractivity contribution in [1.82, 2.24) is 4.90 Å². The highest BCUT2D eigenvalue weighted by Gasteiger charge is 2.22. The molecule has 2 atom stereocenters. The van der Waals surface area contributed by atoms with E-state index in [2.05, 4.69) is 4.74 Å². The normalized spacial score (nSPS) is 13.3. The van der Waals surface area contributed by atoms with Crippen molar-refractivity contribution in [3.05, 3.63) is 29.8 Å². The van der Waals surface area contributed by atoms with Crippen LogP contribution in [0.5, 0.6) is 5.75 Å². The number of hydrogen-bond donors (Lipinski definition) is 2. The van der Waals surface area contributed by atoms with Crippen LogP contribution >= 0.6 is 0 Å². The minimum atomic E-state index is -0.690. The summed E-state index contributed by atoms with van der Waals surface area (Å²) < 4.78 is 4.63. The van der Waals surface area contributed by atoms with Crippen LogP contribution in [0.4, 0.5) is 0 Å². The average molecular weight is 294 g/mol. The molecular formula is C15H22N2O4. The van der Waals surface area contributed by atoms with Crippen LogP contribution in [-0.2, 0) is 20.7 Å². The molecule has 1 aromatic carbocycles. The first-order chi connectivity index (χ1) is 9.85. The maximum atomic E-state index is 12.2. The lowest BCUT2D eigenvalue weighted by atomic mass is 10.0. The van der Waals surface area contributed by atoms with Crippen molar-refractivity contribution in [3.8, 4) is 5.75 Å². The highest BCUT2D eigenvalue weighted by molar-refractivity contribution is 5.82. The summed E-state index contributed by atoms with van der Waals surface area (Å²) in [5, 5.41) is 9.21. The van der Waals surface area contributed by atoms with Gasteiger partial charge in [-0.05, 0) is 24.1 Å². The van der Waals surface area contributed by atoms with Crippen molar-refractivity contribution in [2.24, 2.45) is 11.7 Å². The van der Waals surface area contributed by atoms with Gasteiger partial charge in [-0.25, -0.2) is 0 Å². The molecule has 0 aliphatic heterocycles. The SMILES string of the molecule is COC(=O)C(C)CN(C)C(=O)[C@@H](N)Cc1ccc(O)cc1. The van der Waals surface area contributed by atoms with Gasteiger partial charge in [0.25, 0.3) is 0 Å². The van der Waals surface area contributed by atoms with E-state index in [0.29, 0.717) is 6.42 Å². The summed E-state index contributed by atoms with van der Waals surface area (Å²) in [6.45, 7) is 1.95. The van der Waals surface area contributed by atoms with Crippen molar-refractivity contribution >= 4 is 11.9 Å². The predicted molar refractivity (Wildman–Crippen MR) is 78.6 cm³/mol. The van der Waals surface area contributed by atoms with Gasteiger partial charge < -0.3 is 20.5 Å². The zero-order chi connectivity index (χ0) is 16.0. The second-order valence-corrected chi connectivity index (χ2v) is 5.12. The van der Waals surface area contributed by atoms with Crippen LogP contribution in [-0.4, -0.2) is 48.6 Å². The van der Waals surface area contributed by atoms with E-state index in [1.165, 1.54) is 12.0 Å². The van der Waals surface area contributed by atoms with Crippen LogP contribution in [0.2, 0.25) is 0 Å². The number of nitrogens with zero attached hydrogens (tertiary/aromatic N) is 1. The van der Waals surface area contributed by atoms with E-state index in [0.717, 1.165) is 5.56 Å². The number of likely N-dealkylation sites (N-methyl/N-ethyl adjacent to an activating group) is 1. The maximum absolute atomic E-state index is 12.2. The summed E-state index contributed by atoms with van der Waals surface area (Å²) in [4.78, 5) is 24.9. The zero-order valence-corrected chi connectivity index (χ0v) is 12.6. The Morgan fingerprint density at radius 1 is 1.33 bits per heavy atom. The highest BCUT2D eigenvalue weighted by Crippen LogP contribution is 2.11. The summed E-state index contributed by atoms with van der Waals surface area (Å²) in [5.74, 6) is -0.826. The van der Waals surface area contributed by atoms with Crippen LogP contribution in [0.1, 0.15) is 12.5 Å². The third-order valence-electron chi connectivity index (χ3n) is 3.24. The van der Waals surface area contributed by atoms with Gasteiger partial charge in [-0.3, -0.25) is 9.59 Å². The van der Waals surface area contributed by atoms with Crippen LogP contribution < -0.4 is 5.73 Å². The number of aromatic hydroxyl groups is 1. The molecule has 0 heterocycles. The molecule has 0 aliphatic rings. The first-order valence-electron chi connectivity index (χ1n) is 6.71. The monoisotopic (exact) mass is 294 g/mol. The van der Waals surface area contributed by atoms with Crippen molar-refractivity contribution in [2.75, 3.05) is 20.7 Å². The molecule has 6 heteroatoms. The molecule has 1 rings (SSSR count). The van der Waals surface area contributed by atoms with E-state index < -0.39 is 12.0 Å². The van der Waals surface area contributed by atoms with Gasteiger partial charge in [-0.2, -0.15) is 0 Å². The fourth-order valence-corrected chi connectivity index (χ4v) is 2.03. The largest absolute Gasteiger partial charge is 0.508 e. The van der Waals surface area contributed by atoms with Crippen LogP contribution in [0.15, 0.2) is 24.3 Å².